The van der Waals surface area contributed by atoms with Crippen LogP contribution in [0.15, 0.2) is 0 Å². The van der Waals surface area contributed by atoms with Crippen LogP contribution in [-0.4, -0.2) is 54.7 Å². The molecule has 1 aliphatic heterocycles. The van der Waals surface area contributed by atoms with E-state index in [2.05, 4.69) is 10.1 Å². The lowest BCUT2D eigenvalue weighted by molar-refractivity contribution is -0.156. The van der Waals surface area contributed by atoms with E-state index in [0.29, 0.717) is 19.5 Å². The summed E-state index contributed by atoms with van der Waals surface area (Å²) in [6, 6.07) is -0.0945. The fraction of sp³-hybridized carbons (Fsp3) is 0.786. The standard InChI is InChI=1S/C14H24N2O5/c1-14(2,3)21-12(18)6-5-11(17)16-8-7-10(9-16)15-13(19)20-4/h10H,5-9H2,1-4H3,(H,15,19). The van der Waals surface area contributed by atoms with E-state index in [9.17, 15) is 14.4 Å². The molecule has 7 heteroatoms. The second-order valence-electron chi connectivity index (χ2n) is 6.05. The molecule has 0 aliphatic carbocycles. The van der Waals surface area contributed by atoms with Crippen LogP contribution in [0, 0.1) is 0 Å². The zero-order valence-corrected chi connectivity index (χ0v) is 13.1. The van der Waals surface area contributed by atoms with Gasteiger partial charge in [0.2, 0.25) is 5.91 Å². The maximum Gasteiger partial charge on any atom is 0.407 e. The Morgan fingerprint density at radius 1 is 1.24 bits per heavy atom. The first-order chi connectivity index (χ1) is 9.71. The largest absolute Gasteiger partial charge is 0.460 e. The van der Waals surface area contributed by atoms with Gasteiger partial charge in [0.15, 0.2) is 0 Å². The van der Waals surface area contributed by atoms with Crippen molar-refractivity contribution in [3.8, 4) is 0 Å². The van der Waals surface area contributed by atoms with Gasteiger partial charge in [-0.15, -0.1) is 0 Å². The SMILES string of the molecule is COC(=O)NC1CCN(C(=O)CCC(=O)OC(C)(C)C)C1. The van der Waals surface area contributed by atoms with Gasteiger partial charge >= 0.3 is 12.1 Å². The molecule has 1 fully saturated rings. The molecule has 1 saturated heterocycles. The van der Waals surface area contributed by atoms with E-state index in [0.717, 1.165) is 0 Å². The maximum absolute atomic E-state index is 12.0. The summed E-state index contributed by atoms with van der Waals surface area (Å²) in [6.45, 7) is 6.38. The minimum absolute atomic E-state index is 0.0711. The molecule has 21 heavy (non-hydrogen) atoms. The van der Waals surface area contributed by atoms with E-state index < -0.39 is 11.7 Å². The number of esters is 1. The Hall–Kier alpha value is -1.79. The van der Waals surface area contributed by atoms with Crippen molar-refractivity contribution < 1.29 is 23.9 Å². The molecule has 1 N–H and O–H groups in total. The molecule has 0 radical (unpaired) electrons. The van der Waals surface area contributed by atoms with Crippen molar-refractivity contribution >= 4 is 18.0 Å². The van der Waals surface area contributed by atoms with E-state index in [1.165, 1.54) is 7.11 Å². The van der Waals surface area contributed by atoms with Gasteiger partial charge in [-0.1, -0.05) is 0 Å². The number of likely N-dealkylation sites (tertiary alicyclic amines) is 1. The molecule has 1 unspecified atom stereocenters. The lowest BCUT2D eigenvalue weighted by Gasteiger charge is -2.20. The summed E-state index contributed by atoms with van der Waals surface area (Å²) in [4.78, 5) is 36.3. The average Bonchev–Trinajstić information content (AvgIpc) is 2.82. The van der Waals surface area contributed by atoms with E-state index in [1.807, 2.05) is 0 Å². The Kier molecular flexibility index (Phi) is 5.99. The minimum atomic E-state index is -0.538. The Balaban J connectivity index is 2.31. The molecule has 7 nitrogen and oxygen atoms in total. The third kappa shape index (κ3) is 6.46. The molecule has 1 heterocycles. The minimum Gasteiger partial charge on any atom is -0.460 e. The van der Waals surface area contributed by atoms with Crippen molar-refractivity contribution in [2.24, 2.45) is 0 Å². The molecule has 0 spiro atoms. The number of ether oxygens (including phenoxy) is 2. The van der Waals surface area contributed by atoms with Crippen LogP contribution in [0.4, 0.5) is 4.79 Å². The number of hydrogen-bond acceptors (Lipinski definition) is 5. The van der Waals surface area contributed by atoms with Gasteiger partial charge in [0, 0.05) is 19.5 Å². The molecular weight excluding hydrogens is 276 g/mol. The Morgan fingerprint density at radius 3 is 2.48 bits per heavy atom. The molecule has 1 atom stereocenters. The fourth-order valence-electron chi connectivity index (χ4n) is 2.09. The Labute approximate surface area is 124 Å². The fourth-order valence-corrected chi connectivity index (χ4v) is 2.09. The summed E-state index contributed by atoms with van der Waals surface area (Å²) in [7, 11) is 1.30. The number of carbonyl (C=O) groups is 3. The highest BCUT2D eigenvalue weighted by molar-refractivity contribution is 5.81. The van der Waals surface area contributed by atoms with E-state index in [-0.39, 0.29) is 30.8 Å². The number of rotatable bonds is 4. The summed E-state index contributed by atoms with van der Waals surface area (Å²) in [5.74, 6) is -0.477. The summed E-state index contributed by atoms with van der Waals surface area (Å²) in [5, 5.41) is 2.66. The van der Waals surface area contributed by atoms with E-state index in [4.69, 9.17) is 4.74 Å². The van der Waals surface area contributed by atoms with Gasteiger partial charge in [0.05, 0.1) is 19.6 Å². The quantitative estimate of drug-likeness (QED) is 0.785. The van der Waals surface area contributed by atoms with Crippen LogP contribution < -0.4 is 5.32 Å². The molecular formula is C14H24N2O5. The number of hydrogen-bond donors (Lipinski definition) is 1. The molecule has 0 saturated carbocycles. The van der Waals surface area contributed by atoms with Crippen molar-refractivity contribution in [3.05, 3.63) is 0 Å². The highest BCUT2D eigenvalue weighted by atomic mass is 16.6. The Morgan fingerprint density at radius 2 is 1.90 bits per heavy atom. The summed E-state index contributed by atoms with van der Waals surface area (Å²) in [5.41, 5.74) is -0.538. The third-order valence-electron chi connectivity index (χ3n) is 3.01. The van der Waals surface area contributed by atoms with Crippen LogP contribution in [0.1, 0.15) is 40.0 Å². The number of nitrogens with zero attached hydrogens (tertiary/aromatic N) is 1. The van der Waals surface area contributed by atoms with Gasteiger partial charge < -0.3 is 19.7 Å². The van der Waals surface area contributed by atoms with Crippen LogP contribution in [0.5, 0.6) is 0 Å². The zero-order chi connectivity index (χ0) is 16.0. The molecule has 120 valence electrons. The van der Waals surface area contributed by atoms with E-state index >= 15 is 0 Å². The maximum atomic E-state index is 12.0. The predicted molar refractivity (Wildman–Crippen MR) is 75.6 cm³/mol. The van der Waals surface area contributed by atoms with Crippen molar-refractivity contribution in [2.45, 2.75) is 51.7 Å². The van der Waals surface area contributed by atoms with Crippen molar-refractivity contribution in [3.63, 3.8) is 0 Å². The predicted octanol–water partition coefficient (Wildman–Crippen LogP) is 1.07. The normalized spacial score (nSPS) is 18.3. The van der Waals surface area contributed by atoms with Crippen LogP contribution in [0.25, 0.3) is 0 Å². The molecule has 0 bridgehead atoms. The molecule has 2 amide bonds. The number of amides is 2. The van der Waals surface area contributed by atoms with Gasteiger partial charge in [-0.05, 0) is 27.2 Å². The Bertz CT molecular complexity index is 403. The second kappa shape index (κ2) is 7.28. The lowest BCUT2D eigenvalue weighted by atomic mass is 10.2. The number of methoxy groups -OCH3 is 1. The van der Waals surface area contributed by atoms with Gasteiger partial charge in [-0.3, -0.25) is 9.59 Å². The van der Waals surface area contributed by atoms with Crippen LogP contribution in [0.3, 0.4) is 0 Å². The number of nitrogens with one attached hydrogen (secondary N) is 1. The molecule has 0 aromatic rings. The third-order valence-corrected chi connectivity index (χ3v) is 3.01. The highest BCUT2D eigenvalue weighted by Crippen LogP contribution is 2.13. The van der Waals surface area contributed by atoms with Gasteiger partial charge in [0.1, 0.15) is 5.60 Å². The smallest absolute Gasteiger partial charge is 0.407 e. The van der Waals surface area contributed by atoms with Crippen molar-refractivity contribution in [2.75, 3.05) is 20.2 Å². The second-order valence-corrected chi connectivity index (χ2v) is 6.05. The molecule has 1 aliphatic rings. The summed E-state index contributed by atoms with van der Waals surface area (Å²) < 4.78 is 9.67. The first-order valence-electron chi connectivity index (χ1n) is 7.05. The van der Waals surface area contributed by atoms with Crippen LogP contribution >= 0.6 is 0 Å². The first-order valence-corrected chi connectivity index (χ1v) is 7.05. The average molecular weight is 300 g/mol. The van der Waals surface area contributed by atoms with Crippen LogP contribution in [-0.2, 0) is 19.1 Å². The van der Waals surface area contributed by atoms with Crippen molar-refractivity contribution in [1.29, 1.82) is 0 Å². The molecule has 0 aromatic carbocycles. The van der Waals surface area contributed by atoms with Crippen molar-refractivity contribution in [1.82, 2.24) is 10.2 Å². The monoisotopic (exact) mass is 300 g/mol. The van der Waals surface area contributed by atoms with Gasteiger partial charge in [-0.2, -0.15) is 0 Å². The van der Waals surface area contributed by atoms with Gasteiger partial charge in [0.25, 0.3) is 0 Å². The lowest BCUT2D eigenvalue weighted by Crippen LogP contribution is -2.38. The van der Waals surface area contributed by atoms with Crippen LogP contribution in [0.2, 0.25) is 0 Å². The molecule has 1 rings (SSSR count). The molecule has 0 aromatic heterocycles. The zero-order valence-electron chi connectivity index (χ0n) is 13.1. The summed E-state index contributed by atoms with van der Waals surface area (Å²) in [6.07, 6.45) is 0.387. The number of alkyl carbamates (subject to hydrolysis) is 1. The summed E-state index contributed by atoms with van der Waals surface area (Å²) >= 11 is 0. The van der Waals surface area contributed by atoms with Gasteiger partial charge in [-0.25, -0.2) is 4.79 Å². The van der Waals surface area contributed by atoms with E-state index in [1.54, 1.807) is 25.7 Å². The number of carbonyl (C=O) groups excluding carboxylic acids is 3. The topological polar surface area (TPSA) is 84.9 Å². The highest BCUT2D eigenvalue weighted by Gasteiger charge is 2.28. The first kappa shape index (κ1) is 17.3.